The highest BCUT2D eigenvalue weighted by molar-refractivity contribution is 6.32. The molecule has 1 unspecified atom stereocenters. The first kappa shape index (κ1) is 13.7. The third kappa shape index (κ3) is 2.38. The molecule has 1 atom stereocenters. The van der Waals surface area contributed by atoms with Crippen LogP contribution in [0.5, 0.6) is 0 Å². The van der Waals surface area contributed by atoms with Crippen LogP contribution in [0.15, 0.2) is 42.6 Å². The summed E-state index contributed by atoms with van der Waals surface area (Å²) in [5.74, 6) is 0.953. The predicted molar refractivity (Wildman–Crippen MR) is 86.6 cm³/mol. The Balaban J connectivity index is 1.88. The fraction of sp³-hybridized carbons (Fsp3) is 0.294. The van der Waals surface area contributed by atoms with Gasteiger partial charge in [0, 0.05) is 19.2 Å². The first-order valence-electron chi connectivity index (χ1n) is 7.52. The molecule has 1 fully saturated rings. The van der Waals surface area contributed by atoms with Gasteiger partial charge in [0.15, 0.2) is 5.65 Å². The van der Waals surface area contributed by atoms with Crippen LogP contribution in [0.3, 0.4) is 0 Å². The van der Waals surface area contributed by atoms with Gasteiger partial charge < -0.3 is 4.74 Å². The predicted octanol–water partition coefficient (Wildman–Crippen LogP) is 3.80. The van der Waals surface area contributed by atoms with Crippen molar-refractivity contribution in [2.45, 2.75) is 25.4 Å². The summed E-state index contributed by atoms with van der Waals surface area (Å²) >= 11 is 6.40. The summed E-state index contributed by atoms with van der Waals surface area (Å²) in [6.45, 7) is 0.842. The number of benzene rings is 1. The van der Waals surface area contributed by atoms with E-state index < -0.39 is 0 Å². The van der Waals surface area contributed by atoms with E-state index in [1.54, 1.807) is 6.20 Å². The summed E-state index contributed by atoms with van der Waals surface area (Å²) in [5.41, 5.74) is 2.64. The van der Waals surface area contributed by atoms with E-state index in [0.717, 1.165) is 48.5 Å². The SMILES string of the molecule is Clc1ccccc1-n1c(CC2CCCO2)nc2cccnc21. The van der Waals surface area contributed by atoms with Gasteiger partial charge in [0.25, 0.3) is 0 Å². The van der Waals surface area contributed by atoms with Crippen molar-refractivity contribution in [3.63, 3.8) is 0 Å². The molecule has 1 aliphatic rings. The lowest BCUT2D eigenvalue weighted by molar-refractivity contribution is 0.109. The minimum absolute atomic E-state index is 0.234. The van der Waals surface area contributed by atoms with Gasteiger partial charge in [0.05, 0.1) is 16.8 Å². The van der Waals surface area contributed by atoms with Crippen molar-refractivity contribution >= 4 is 22.8 Å². The second kappa shape index (κ2) is 5.71. The molecule has 0 radical (unpaired) electrons. The van der Waals surface area contributed by atoms with Crippen molar-refractivity contribution in [1.29, 1.82) is 0 Å². The van der Waals surface area contributed by atoms with Gasteiger partial charge in [-0.1, -0.05) is 23.7 Å². The lowest BCUT2D eigenvalue weighted by Crippen LogP contribution is -2.13. The van der Waals surface area contributed by atoms with Gasteiger partial charge >= 0.3 is 0 Å². The quantitative estimate of drug-likeness (QED) is 0.738. The lowest BCUT2D eigenvalue weighted by atomic mass is 10.2. The number of hydrogen-bond donors (Lipinski definition) is 0. The van der Waals surface area contributed by atoms with E-state index >= 15 is 0 Å². The van der Waals surface area contributed by atoms with Crippen LogP contribution in [0, 0.1) is 0 Å². The van der Waals surface area contributed by atoms with E-state index in [9.17, 15) is 0 Å². The summed E-state index contributed by atoms with van der Waals surface area (Å²) in [5, 5.41) is 0.695. The van der Waals surface area contributed by atoms with Gasteiger partial charge in [0.1, 0.15) is 11.3 Å². The van der Waals surface area contributed by atoms with Crippen LogP contribution in [-0.4, -0.2) is 27.2 Å². The molecule has 0 bridgehead atoms. The summed E-state index contributed by atoms with van der Waals surface area (Å²) in [6.07, 6.45) is 5.00. The van der Waals surface area contributed by atoms with E-state index in [1.807, 2.05) is 36.4 Å². The third-order valence-corrected chi connectivity index (χ3v) is 4.33. The molecule has 3 heterocycles. The van der Waals surface area contributed by atoms with Crippen molar-refractivity contribution in [3.8, 4) is 5.69 Å². The molecule has 22 heavy (non-hydrogen) atoms. The van der Waals surface area contributed by atoms with E-state index in [0.29, 0.717) is 5.02 Å². The van der Waals surface area contributed by atoms with Crippen LogP contribution in [0.2, 0.25) is 5.02 Å². The number of nitrogens with zero attached hydrogens (tertiary/aromatic N) is 3. The largest absolute Gasteiger partial charge is 0.378 e. The lowest BCUT2D eigenvalue weighted by Gasteiger charge is -2.13. The first-order chi connectivity index (χ1) is 10.8. The Morgan fingerprint density at radius 3 is 2.95 bits per heavy atom. The maximum Gasteiger partial charge on any atom is 0.164 e. The monoisotopic (exact) mass is 313 g/mol. The van der Waals surface area contributed by atoms with Gasteiger partial charge in [-0.15, -0.1) is 0 Å². The third-order valence-electron chi connectivity index (χ3n) is 4.01. The van der Waals surface area contributed by atoms with Crippen LogP contribution in [-0.2, 0) is 11.2 Å². The zero-order chi connectivity index (χ0) is 14.9. The van der Waals surface area contributed by atoms with Gasteiger partial charge in [-0.05, 0) is 37.1 Å². The molecule has 0 saturated carbocycles. The summed E-state index contributed by atoms with van der Waals surface area (Å²) in [4.78, 5) is 9.25. The van der Waals surface area contributed by atoms with Crippen molar-refractivity contribution < 1.29 is 4.74 Å². The number of imidazole rings is 1. The Hall–Kier alpha value is -1.91. The summed E-state index contributed by atoms with van der Waals surface area (Å²) in [7, 11) is 0. The number of pyridine rings is 1. The van der Waals surface area contributed by atoms with Crippen LogP contribution in [0.1, 0.15) is 18.7 Å². The molecular weight excluding hydrogens is 298 g/mol. The topological polar surface area (TPSA) is 39.9 Å². The van der Waals surface area contributed by atoms with Gasteiger partial charge in [-0.25, -0.2) is 9.97 Å². The highest BCUT2D eigenvalue weighted by Gasteiger charge is 2.22. The number of halogens is 1. The fourth-order valence-corrected chi connectivity index (χ4v) is 3.21. The van der Waals surface area contributed by atoms with E-state index in [-0.39, 0.29) is 6.10 Å². The van der Waals surface area contributed by atoms with Gasteiger partial charge in [-0.2, -0.15) is 0 Å². The summed E-state index contributed by atoms with van der Waals surface area (Å²) < 4.78 is 7.82. The normalized spacial score (nSPS) is 18.1. The Kier molecular flexibility index (Phi) is 3.56. The maximum absolute atomic E-state index is 6.40. The van der Waals surface area contributed by atoms with Crippen LogP contribution >= 0.6 is 11.6 Å². The zero-order valence-electron chi connectivity index (χ0n) is 12.1. The molecule has 0 spiro atoms. The molecule has 0 aliphatic carbocycles. The molecule has 112 valence electrons. The van der Waals surface area contributed by atoms with Gasteiger partial charge in [-0.3, -0.25) is 4.57 Å². The highest BCUT2D eigenvalue weighted by Crippen LogP contribution is 2.27. The minimum Gasteiger partial charge on any atom is -0.378 e. The number of para-hydroxylation sites is 1. The standard InChI is InChI=1S/C17H16ClN3O/c18-13-6-1-2-8-15(13)21-16(11-12-5-4-10-22-12)20-14-7-3-9-19-17(14)21/h1-3,6-9,12H,4-5,10-11H2. The number of rotatable bonds is 3. The smallest absolute Gasteiger partial charge is 0.164 e. The van der Waals surface area contributed by atoms with Crippen LogP contribution < -0.4 is 0 Å². The molecule has 1 saturated heterocycles. The van der Waals surface area contributed by atoms with E-state index in [2.05, 4.69) is 9.55 Å². The Bertz CT molecular complexity index is 809. The summed E-state index contributed by atoms with van der Waals surface area (Å²) in [6, 6.07) is 11.7. The van der Waals surface area contributed by atoms with Gasteiger partial charge in [0.2, 0.25) is 0 Å². The Morgan fingerprint density at radius 2 is 2.14 bits per heavy atom. The fourth-order valence-electron chi connectivity index (χ4n) is 2.99. The molecule has 1 aromatic carbocycles. The van der Waals surface area contributed by atoms with Crippen molar-refractivity contribution in [1.82, 2.24) is 14.5 Å². The molecule has 3 aromatic rings. The second-order valence-electron chi connectivity index (χ2n) is 5.50. The molecule has 0 amide bonds. The first-order valence-corrected chi connectivity index (χ1v) is 7.89. The molecule has 0 N–H and O–H groups in total. The second-order valence-corrected chi connectivity index (χ2v) is 5.91. The Morgan fingerprint density at radius 1 is 1.23 bits per heavy atom. The van der Waals surface area contributed by atoms with E-state index in [1.165, 1.54) is 0 Å². The number of aromatic nitrogens is 3. The van der Waals surface area contributed by atoms with Crippen LogP contribution in [0.4, 0.5) is 0 Å². The average Bonchev–Trinajstić information content (AvgIpc) is 3.16. The molecular formula is C17H16ClN3O. The maximum atomic E-state index is 6.40. The average molecular weight is 314 g/mol. The molecule has 4 nitrogen and oxygen atoms in total. The molecule has 1 aliphatic heterocycles. The van der Waals surface area contributed by atoms with E-state index in [4.69, 9.17) is 21.3 Å². The van der Waals surface area contributed by atoms with Crippen LogP contribution in [0.25, 0.3) is 16.9 Å². The van der Waals surface area contributed by atoms with Crippen molar-refractivity contribution in [3.05, 3.63) is 53.4 Å². The highest BCUT2D eigenvalue weighted by atomic mass is 35.5. The minimum atomic E-state index is 0.234. The molecule has 2 aromatic heterocycles. The number of fused-ring (bicyclic) bond motifs is 1. The molecule has 5 heteroatoms. The van der Waals surface area contributed by atoms with Crippen molar-refractivity contribution in [2.75, 3.05) is 6.61 Å². The van der Waals surface area contributed by atoms with Crippen molar-refractivity contribution in [2.24, 2.45) is 0 Å². The number of ether oxygens (including phenoxy) is 1. The zero-order valence-corrected chi connectivity index (χ0v) is 12.8. The molecule has 4 rings (SSSR count). The number of hydrogen-bond acceptors (Lipinski definition) is 3. The Labute approximate surface area is 133 Å².